The fraction of sp³-hybridized carbons (Fsp3) is 0.267. The quantitative estimate of drug-likeness (QED) is 0.723. The molecule has 0 aliphatic heterocycles. The maximum atomic E-state index is 10.2. The summed E-state index contributed by atoms with van der Waals surface area (Å²) in [5, 5.41) is 12.8. The zero-order valence-electron chi connectivity index (χ0n) is 11.6. The van der Waals surface area contributed by atoms with Crippen molar-refractivity contribution in [3.05, 3.63) is 35.0 Å². The molecular weight excluding hydrogens is 274 g/mol. The van der Waals surface area contributed by atoms with Crippen molar-refractivity contribution >= 4 is 39.2 Å². The van der Waals surface area contributed by atoms with Gasteiger partial charge >= 0.3 is 0 Å². The molecular formula is C15H16ClN3O. The van der Waals surface area contributed by atoms with Crippen molar-refractivity contribution in [2.75, 3.05) is 5.73 Å². The molecule has 0 bridgehead atoms. The van der Waals surface area contributed by atoms with E-state index in [1.54, 1.807) is 13.8 Å². The van der Waals surface area contributed by atoms with E-state index in [-0.39, 0.29) is 0 Å². The number of aliphatic hydroxyl groups is 1. The van der Waals surface area contributed by atoms with Gasteiger partial charge in [0.05, 0.1) is 16.9 Å². The number of nitrogens with zero attached hydrogens (tertiary/aromatic N) is 2. The number of nitrogens with two attached hydrogens (primary N) is 1. The van der Waals surface area contributed by atoms with E-state index in [4.69, 9.17) is 17.3 Å². The van der Waals surface area contributed by atoms with E-state index in [1.165, 1.54) is 0 Å². The Morgan fingerprint density at radius 1 is 1.25 bits per heavy atom. The van der Waals surface area contributed by atoms with E-state index < -0.39 is 5.60 Å². The normalized spacial score (nSPS) is 12.4. The van der Waals surface area contributed by atoms with Gasteiger partial charge in [-0.05, 0) is 38.1 Å². The molecule has 3 rings (SSSR count). The van der Waals surface area contributed by atoms with Gasteiger partial charge in [-0.15, -0.1) is 0 Å². The minimum Gasteiger partial charge on any atom is -0.397 e. The second-order valence-corrected chi connectivity index (χ2v) is 6.01. The molecule has 0 saturated carbocycles. The monoisotopic (exact) mass is 289 g/mol. The van der Waals surface area contributed by atoms with Crippen molar-refractivity contribution in [2.45, 2.75) is 19.4 Å². The number of rotatable bonds is 1. The highest BCUT2D eigenvalue weighted by molar-refractivity contribution is 6.31. The highest BCUT2D eigenvalue weighted by atomic mass is 35.5. The van der Waals surface area contributed by atoms with Gasteiger partial charge in [0.25, 0.3) is 0 Å². The largest absolute Gasteiger partial charge is 0.397 e. The molecule has 3 N–H and O–H groups in total. The van der Waals surface area contributed by atoms with Gasteiger partial charge in [0.2, 0.25) is 0 Å². The highest BCUT2D eigenvalue weighted by Crippen LogP contribution is 2.33. The number of anilines is 1. The van der Waals surface area contributed by atoms with Gasteiger partial charge in [-0.1, -0.05) is 11.6 Å². The first-order chi connectivity index (χ1) is 9.29. The van der Waals surface area contributed by atoms with Crippen LogP contribution in [0.4, 0.5) is 5.69 Å². The van der Waals surface area contributed by atoms with Crippen LogP contribution in [-0.2, 0) is 12.6 Å². The molecule has 0 saturated heterocycles. The fourth-order valence-corrected chi connectivity index (χ4v) is 2.77. The molecule has 0 spiro atoms. The first kappa shape index (κ1) is 13.2. The summed E-state index contributed by atoms with van der Waals surface area (Å²) in [6.07, 6.45) is 0. The summed E-state index contributed by atoms with van der Waals surface area (Å²) in [4.78, 5) is 4.56. The Bertz CT molecular complexity index is 831. The van der Waals surface area contributed by atoms with E-state index in [1.807, 2.05) is 35.9 Å². The smallest absolute Gasteiger partial charge is 0.141 e. The first-order valence-corrected chi connectivity index (χ1v) is 6.74. The van der Waals surface area contributed by atoms with Crippen LogP contribution in [0.2, 0.25) is 5.02 Å². The molecule has 2 heterocycles. The van der Waals surface area contributed by atoms with Crippen LogP contribution in [0, 0.1) is 0 Å². The minimum atomic E-state index is -1.08. The average molecular weight is 290 g/mol. The number of benzene rings is 1. The Balaban J connectivity index is 2.48. The third-order valence-electron chi connectivity index (χ3n) is 3.54. The highest BCUT2D eigenvalue weighted by Gasteiger charge is 2.23. The van der Waals surface area contributed by atoms with Crippen molar-refractivity contribution < 1.29 is 5.11 Å². The molecule has 0 aliphatic rings. The van der Waals surface area contributed by atoms with Gasteiger partial charge in [-0.3, -0.25) is 0 Å². The number of nitrogen functional groups attached to an aromatic ring is 1. The third-order valence-corrected chi connectivity index (χ3v) is 3.77. The van der Waals surface area contributed by atoms with E-state index in [0.29, 0.717) is 16.4 Å². The van der Waals surface area contributed by atoms with Crippen molar-refractivity contribution in [1.82, 2.24) is 9.55 Å². The number of aryl methyl sites for hydroxylation is 1. The van der Waals surface area contributed by atoms with Crippen LogP contribution in [0.25, 0.3) is 21.9 Å². The lowest BCUT2D eigenvalue weighted by atomic mass is 10.0. The number of hydrogen-bond acceptors (Lipinski definition) is 3. The number of halogens is 1. The van der Waals surface area contributed by atoms with Crippen LogP contribution < -0.4 is 5.73 Å². The lowest BCUT2D eigenvalue weighted by Crippen LogP contribution is -2.20. The molecule has 0 aliphatic carbocycles. The van der Waals surface area contributed by atoms with Gasteiger partial charge in [-0.2, -0.15) is 0 Å². The number of aromatic nitrogens is 2. The minimum absolute atomic E-state index is 0.484. The Hall–Kier alpha value is -1.78. The summed E-state index contributed by atoms with van der Waals surface area (Å²) in [6, 6.07) is 7.57. The van der Waals surface area contributed by atoms with Crippen molar-refractivity contribution in [3.8, 4) is 0 Å². The molecule has 1 aromatic carbocycles. The Morgan fingerprint density at radius 3 is 2.60 bits per heavy atom. The number of fused-ring (bicyclic) bond motifs is 3. The van der Waals surface area contributed by atoms with Crippen LogP contribution in [-0.4, -0.2) is 14.7 Å². The molecule has 5 heteroatoms. The third kappa shape index (κ3) is 1.84. The Morgan fingerprint density at radius 2 is 1.95 bits per heavy atom. The zero-order valence-corrected chi connectivity index (χ0v) is 12.4. The van der Waals surface area contributed by atoms with Gasteiger partial charge < -0.3 is 15.4 Å². The summed E-state index contributed by atoms with van der Waals surface area (Å²) in [5.41, 5.74) is 7.76. The fourth-order valence-electron chi connectivity index (χ4n) is 2.59. The van der Waals surface area contributed by atoms with Gasteiger partial charge in [-0.25, -0.2) is 4.98 Å². The summed E-state index contributed by atoms with van der Waals surface area (Å²) in [7, 11) is 1.94. The van der Waals surface area contributed by atoms with Crippen LogP contribution in [0.3, 0.4) is 0 Å². The van der Waals surface area contributed by atoms with E-state index >= 15 is 0 Å². The second-order valence-electron chi connectivity index (χ2n) is 5.58. The van der Waals surface area contributed by atoms with Crippen LogP contribution >= 0.6 is 11.6 Å². The lowest BCUT2D eigenvalue weighted by molar-refractivity contribution is 0.0750. The number of pyridine rings is 1. The molecule has 4 nitrogen and oxygen atoms in total. The van der Waals surface area contributed by atoms with Gasteiger partial charge in [0.15, 0.2) is 0 Å². The predicted molar refractivity (Wildman–Crippen MR) is 82.9 cm³/mol. The van der Waals surface area contributed by atoms with Crippen molar-refractivity contribution in [1.29, 1.82) is 0 Å². The van der Waals surface area contributed by atoms with E-state index in [0.717, 1.165) is 21.9 Å². The number of hydrogen-bond donors (Lipinski definition) is 2. The van der Waals surface area contributed by atoms with Gasteiger partial charge in [0, 0.05) is 22.8 Å². The molecule has 0 radical (unpaired) electrons. The molecule has 0 fully saturated rings. The van der Waals surface area contributed by atoms with Crippen molar-refractivity contribution in [2.24, 2.45) is 7.05 Å². The summed E-state index contributed by atoms with van der Waals surface area (Å²) in [6.45, 7) is 3.36. The molecule has 20 heavy (non-hydrogen) atoms. The molecule has 104 valence electrons. The van der Waals surface area contributed by atoms with Crippen LogP contribution in [0.1, 0.15) is 19.5 Å². The molecule has 3 aromatic rings. The summed E-state index contributed by atoms with van der Waals surface area (Å²) >= 11 is 6.07. The van der Waals surface area contributed by atoms with E-state index in [9.17, 15) is 5.11 Å². The Kier molecular flexibility index (Phi) is 2.71. The van der Waals surface area contributed by atoms with Crippen molar-refractivity contribution in [3.63, 3.8) is 0 Å². The average Bonchev–Trinajstić information content (AvgIpc) is 2.60. The van der Waals surface area contributed by atoms with Gasteiger partial charge in [0.1, 0.15) is 11.2 Å². The summed E-state index contributed by atoms with van der Waals surface area (Å²) < 4.78 is 1.98. The summed E-state index contributed by atoms with van der Waals surface area (Å²) in [5.74, 6) is 0. The predicted octanol–water partition coefficient (Wildman–Crippen LogP) is 3.19. The van der Waals surface area contributed by atoms with Crippen LogP contribution in [0.15, 0.2) is 24.3 Å². The SMILES string of the molecule is Cn1c2ccc(Cl)cc2c2cc(N)c(C(C)(C)O)nc21. The standard InChI is InChI=1S/C15H16ClN3O/c1-15(2,20)13-11(17)7-10-9-6-8(16)4-5-12(9)19(3)14(10)18-13/h4-7,20H,17H2,1-3H3. The molecule has 0 amide bonds. The molecule has 2 aromatic heterocycles. The lowest BCUT2D eigenvalue weighted by Gasteiger charge is -2.18. The zero-order chi connectivity index (χ0) is 14.7. The Labute approximate surface area is 121 Å². The van der Waals surface area contributed by atoms with Crippen LogP contribution in [0.5, 0.6) is 0 Å². The maximum Gasteiger partial charge on any atom is 0.141 e. The second kappa shape index (κ2) is 4.11. The maximum absolute atomic E-state index is 10.2. The first-order valence-electron chi connectivity index (χ1n) is 6.36. The molecule has 0 unspecified atom stereocenters. The van der Waals surface area contributed by atoms with E-state index in [2.05, 4.69) is 4.98 Å². The molecule has 0 atom stereocenters. The topological polar surface area (TPSA) is 64.1 Å².